The Hall–Kier alpha value is -1.55. The Morgan fingerprint density at radius 2 is 2.24 bits per heavy atom. The maximum absolute atomic E-state index is 13.6. The fourth-order valence-electron chi connectivity index (χ4n) is 1.77. The molecule has 0 radical (unpaired) electrons. The van der Waals surface area contributed by atoms with Crippen LogP contribution in [0.1, 0.15) is 18.9 Å². The van der Waals surface area contributed by atoms with Gasteiger partial charge in [0.15, 0.2) is 0 Å². The fourth-order valence-corrected chi connectivity index (χ4v) is 1.94. The van der Waals surface area contributed by atoms with Gasteiger partial charge in [0.2, 0.25) is 5.95 Å². The maximum atomic E-state index is 13.6. The average Bonchev–Trinajstić information content (AvgIpc) is 3.05. The lowest BCUT2D eigenvalue weighted by Crippen LogP contribution is -2.02. The number of hydrogen-bond donors (Lipinski definition) is 1. The molecular formula is C12H11ClFN3. The third-order valence-electron chi connectivity index (χ3n) is 2.78. The molecule has 0 spiro atoms. The number of benzene rings is 1. The first kappa shape index (κ1) is 10.6. The lowest BCUT2D eigenvalue weighted by Gasteiger charge is -2.09. The van der Waals surface area contributed by atoms with E-state index in [-0.39, 0.29) is 5.82 Å². The zero-order valence-electron chi connectivity index (χ0n) is 9.03. The molecule has 0 atom stereocenters. The molecule has 2 aromatic rings. The highest BCUT2D eigenvalue weighted by atomic mass is 35.5. The molecule has 1 heterocycles. The molecule has 1 fully saturated rings. The van der Waals surface area contributed by atoms with Crippen LogP contribution in [0.4, 0.5) is 16.0 Å². The van der Waals surface area contributed by atoms with E-state index in [1.165, 1.54) is 12.1 Å². The smallest absolute Gasteiger partial charge is 0.207 e. The van der Waals surface area contributed by atoms with Crippen molar-refractivity contribution in [1.82, 2.24) is 9.55 Å². The van der Waals surface area contributed by atoms with Crippen LogP contribution in [0.5, 0.6) is 0 Å². The molecule has 0 unspecified atom stereocenters. The molecule has 17 heavy (non-hydrogen) atoms. The van der Waals surface area contributed by atoms with Crippen LogP contribution in [0.3, 0.4) is 0 Å². The van der Waals surface area contributed by atoms with E-state index in [9.17, 15) is 4.39 Å². The van der Waals surface area contributed by atoms with E-state index in [0.29, 0.717) is 22.7 Å². The molecular weight excluding hydrogens is 241 g/mol. The first-order valence-electron chi connectivity index (χ1n) is 5.49. The summed E-state index contributed by atoms with van der Waals surface area (Å²) in [7, 11) is 0. The summed E-state index contributed by atoms with van der Waals surface area (Å²) in [5, 5.41) is 3.47. The Morgan fingerprint density at radius 1 is 1.41 bits per heavy atom. The Labute approximate surface area is 103 Å². The summed E-state index contributed by atoms with van der Waals surface area (Å²) < 4.78 is 15.6. The average molecular weight is 252 g/mol. The van der Waals surface area contributed by atoms with Crippen molar-refractivity contribution in [3.63, 3.8) is 0 Å². The van der Waals surface area contributed by atoms with Crippen molar-refractivity contribution >= 4 is 23.2 Å². The van der Waals surface area contributed by atoms with Gasteiger partial charge in [0, 0.05) is 23.5 Å². The molecule has 1 N–H and O–H groups in total. The third kappa shape index (κ3) is 2.13. The Morgan fingerprint density at radius 3 is 3.00 bits per heavy atom. The van der Waals surface area contributed by atoms with Gasteiger partial charge in [-0.1, -0.05) is 11.6 Å². The summed E-state index contributed by atoms with van der Waals surface area (Å²) in [6.45, 7) is 0. The minimum atomic E-state index is -0.334. The van der Waals surface area contributed by atoms with Crippen molar-refractivity contribution in [2.75, 3.05) is 5.32 Å². The number of nitrogens with zero attached hydrogens (tertiary/aromatic N) is 2. The zero-order chi connectivity index (χ0) is 11.8. The van der Waals surface area contributed by atoms with Gasteiger partial charge in [-0.3, -0.25) is 0 Å². The monoisotopic (exact) mass is 251 g/mol. The number of rotatable bonds is 3. The summed E-state index contributed by atoms with van der Waals surface area (Å²) in [6.07, 6.45) is 5.93. The molecule has 88 valence electrons. The van der Waals surface area contributed by atoms with Crippen LogP contribution in [0.2, 0.25) is 5.02 Å². The van der Waals surface area contributed by atoms with E-state index >= 15 is 0 Å². The third-order valence-corrected chi connectivity index (χ3v) is 3.02. The van der Waals surface area contributed by atoms with Crippen LogP contribution < -0.4 is 5.32 Å². The first-order valence-corrected chi connectivity index (χ1v) is 5.87. The summed E-state index contributed by atoms with van der Waals surface area (Å²) in [6, 6.07) is 4.93. The highest BCUT2D eigenvalue weighted by molar-refractivity contribution is 6.30. The molecule has 1 saturated carbocycles. The van der Waals surface area contributed by atoms with Gasteiger partial charge in [0.05, 0.1) is 5.69 Å². The van der Waals surface area contributed by atoms with E-state index in [0.717, 1.165) is 12.8 Å². The van der Waals surface area contributed by atoms with Gasteiger partial charge in [-0.25, -0.2) is 9.37 Å². The predicted molar refractivity (Wildman–Crippen MR) is 65.2 cm³/mol. The van der Waals surface area contributed by atoms with Crippen molar-refractivity contribution in [1.29, 1.82) is 0 Å². The van der Waals surface area contributed by atoms with E-state index in [2.05, 4.69) is 10.3 Å². The summed E-state index contributed by atoms with van der Waals surface area (Å²) in [5.74, 6) is 0.327. The molecule has 1 aliphatic rings. The zero-order valence-corrected chi connectivity index (χ0v) is 9.78. The van der Waals surface area contributed by atoms with Gasteiger partial charge in [-0.15, -0.1) is 0 Å². The number of nitrogens with one attached hydrogen (secondary N) is 1. The second-order valence-electron chi connectivity index (χ2n) is 4.14. The number of imidazole rings is 1. The van der Waals surface area contributed by atoms with Gasteiger partial charge < -0.3 is 9.88 Å². The van der Waals surface area contributed by atoms with Crippen molar-refractivity contribution in [2.45, 2.75) is 18.9 Å². The normalized spacial score (nSPS) is 14.9. The Balaban J connectivity index is 1.90. The van der Waals surface area contributed by atoms with Crippen LogP contribution in [0, 0.1) is 5.82 Å². The SMILES string of the molecule is Fc1ccc(Cl)cc1Nc1nccn1C1CC1. The Kier molecular flexibility index (Phi) is 2.52. The maximum Gasteiger partial charge on any atom is 0.207 e. The highest BCUT2D eigenvalue weighted by Gasteiger charge is 2.25. The predicted octanol–water partition coefficient (Wildman–Crippen LogP) is 3.75. The lowest BCUT2D eigenvalue weighted by atomic mass is 10.3. The molecule has 1 aromatic heterocycles. The molecule has 0 saturated heterocycles. The van der Waals surface area contributed by atoms with Gasteiger partial charge in [0.25, 0.3) is 0 Å². The van der Waals surface area contributed by atoms with Crippen LogP contribution in [0.15, 0.2) is 30.6 Å². The van der Waals surface area contributed by atoms with Crippen molar-refractivity contribution in [3.8, 4) is 0 Å². The standard InChI is InChI=1S/C12H11ClFN3/c13-8-1-4-10(14)11(7-8)16-12-15-5-6-17(12)9-2-3-9/h1,4-7,9H,2-3H2,(H,15,16). The van der Waals surface area contributed by atoms with Crippen LogP contribution in [-0.2, 0) is 0 Å². The summed E-state index contributed by atoms with van der Waals surface area (Å²) in [4.78, 5) is 4.19. The van der Waals surface area contributed by atoms with Crippen LogP contribution >= 0.6 is 11.6 Å². The number of halogens is 2. The fraction of sp³-hybridized carbons (Fsp3) is 0.250. The highest BCUT2D eigenvalue weighted by Crippen LogP contribution is 2.37. The van der Waals surface area contributed by atoms with Gasteiger partial charge >= 0.3 is 0 Å². The molecule has 0 amide bonds. The second kappa shape index (κ2) is 4.04. The van der Waals surface area contributed by atoms with Gasteiger partial charge in [0.1, 0.15) is 5.82 Å². The molecule has 3 nitrogen and oxygen atoms in total. The van der Waals surface area contributed by atoms with Crippen molar-refractivity contribution < 1.29 is 4.39 Å². The quantitative estimate of drug-likeness (QED) is 0.900. The number of anilines is 2. The molecule has 5 heteroatoms. The second-order valence-corrected chi connectivity index (χ2v) is 4.57. The van der Waals surface area contributed by atoms with E-state index in [1.54, 1.807) is 12.3 Å². The van der Waals surface area contributed by atoms with Gasteiger partial charge in [-0.05, 0) is 31.0 Å². The Bertz CT molecular complexity index is 548. The largest absolute Gasteiger partial charge is 0.323 e. The van der Waals surface area contributed by atoms with Crippen LogP contribution in [0.25, 0.3) is 0 Å². The van der Waals surface area contributed by atoms with Crippen LogP contribution in [-0.4, -0.2) is 9.55 Å². The van der Waals surface area contributed by atoms with Gasteiger partial charge in [-0.2, -0.15) is 0 Å². The van der Waals surface area contributed by atoms with Crippen molar-refractivity contribution in [2.24, 2.45) is 0 Å². The molecule has 0 aliphatic heterocycles. The lowest BCUT2D eigenvalue weighted by molar-refractivity contribution is 0.631. The van der Waals surface area contributed by atoms with Crippen molar-refractivity contribution in [3.05, 3.63) is 41.4 Å². The minimum Gasteiger partial charge on any atom is -0.323 e. The minimum absolute atomic E-state index is 0.334. The summed E-state index contributed by atoms with van der Waals surface area (Å²) in [5.41, 5.74) is 0.352. The molecule has 3 rings (SSSR count). The summed E-state index contributed by atoms with van der Waals surface area (Å²) >= 11 is 5.84. The molecule has 1 aromatic carbocycles. The number of aromatic nitrogens is 2. The molecule has 0 bridgehead atoms. The first-order chi connectivity index (χ1) is 8.24. The molecule has 1 aliphatic carbocycles. The van der Waals surface area contributed by atoms with E-state index < -0.39 is 0 Å². The number of hydrogen-bond acceptors (Lipinski definition) is 2. The van der Waals surface area contributed by atoms with E-state index in [1.807, 2.05) is 10.8 Å². The van der Waals surface area contributed by atoms with E-state index in [4.69, 9.17) is 11.6 Å². The topological polar surface area (TPSA) is 29.9 Å².